The van der Waals surface area contributed by atoms with Gasteiger partial charge in [0.2, 0.25) is 0 Å². The monoisotopic (exact) mass is 199 g/mol. The summed E-state index contributed by atoms with van der Waals surface area (Å²) in [5, 5.41) is 12.1. The molecule has 4 nitrogen and oxygen atoms in total. The average Bonchev–Trinajstić information content (AvgIpc) is 2.59. The Labute approximate surface area is 83.6 Å². The summed E-state index contributed by atoms with van der Waals surface area (Å²) < 4.78 is 5.31. The van der Waals surface area contributed by atoms with Gasteiger partial charge in [-0.05, 0) is 31.6 Å². The highest BCUT2D eigenvalue weighted by molar-refractivity contribution is 5.74. The first kappa shape index (κ1) is 9.93. The van der Waals surface area contributed by atoms with Crippen LogP contribution in [0.3, 0.4) is 0 Å². The maximum atomic E-state index is 10.8. The second kappa shape index (κ2) is 3.87. The van der Waals surface area contributed by atoms with E-state index in [1.807, 2.05) is 0 Å². The van der Waals surface area contributed by atoms with Crippen LogP contribution in [-0.4, -0.2) is 36.4 Å². The number of carboxylic acids is 1. The zero-order chi connectivity index (χ0) is 10.1. The molecule has 2 aliphatic rings. The van der Waals surface area contributed by atoms with Gasteiger partial charge < -0.3 is 15.2 Å². The van der Waals surface area contributed by atoms with Gasteiger partial charge in [0.05, 0.1) is 6.10 Å². The van der Waals surface area contributed by atoms with Crippen LogP contribution in [0.15, 0.2) is 0 Å². The van der Waals surface area contributed by atoms with E-state index in [2.05, 4.69) is 5.32 Å². The number of methoxy groups -OCH3 is 1. The molecule has 1 aliphatic carbocycles. The summed E-state index contributed by atoms with van der Waals surface area (Å²) >= 11 is 0. The van der Waals surface area contributed by atoms with Crippen LogP contribution in [0.4, 0.5) is 0 Å². The van der Waals surface area contributed by atoms with Crippen molar-refractivity contribution in [3.8, 4) is 0 Å². The Kier molecular flexibility index (Phi) is 2.74. The number of nitrogens with one attached hydrogen (secondary N) is 1. The highest BCUT2D eigenvalue weighted by Gasteiger charge is 2.40. The van der Waals surface area contributed by atoms with Crippen LogP contribution in [0.1, 0.15) is 25.7 Å². The number of hydrogen-bond acceptors (Lipinski definition) is 3. The fourth-order valence-corrected chi connectivity index (χ4v) is 2.70. The molecule has 0 aromatic heterocycles. The van der Waals surface area contributed by atoms with Crippen LogP contribution in [0.25, 0.3) is 0 Å². The van der Waals surface area contributed by atoms with Crippen LogP contribution < -0.4 is 5.32 Å². The summed E-state index contributed by atoms with van der Waals surface area (Å²) in [6.07, 6.45) is 4.24. The zero-order valence-electron chi connectivity index (χ0n) is 8.40. The lowest BCUT2D eigenvalue weighted by Crippen LogP contribution is -2.40. The van der Waals surface area contributed by atoms with Gasteiger partial charge in [-0.1, -0.05) is 0 Å². The normalized spacial score (nSPS) is 42.1. The third-order valence-corrected chi connectivity index (χ3v) is 3.53. The minimum absolute atomic E-state index is 0.316. The van der Waals surface area contributed by atoms with E-state index in [-0.39, 0.29) is 6.04 Å². The van der Waals surface area contributed by atoms with E-state index < -0.39 is 5.97 Å². The van der Waals surface area contributed by atoms with Gasteiger partial charge in [0.25, 0.3) is 0 Å². The Balaban J connectivity index is 1.95. The van der Waals surface area contributed by atoms with Crippen LogP contribution in [0.2, 0.25) is 0 Å². The fourth-order valence-electron chi connectivity index (χ4n) is 2.70. The Hall–Kier alpha value is -0.610. The second-order valence-electron chi connectivity index (χ2n) is 4.33. The summed E-state index contributed by atoms with van der Waals surface area (Å²) in [4.78, 5) is 10.8. The van der Waals surface area contributed by atoms with Crippen LogP contribution >= 0.6 is 0 Å². The molecule has 1 aliphatic heterocycles. The maximum Gasteiger partial charge on any atom is 0.320 e. The van der Waals surface area contributed by atoms with Crippen LogP contribution in [0.5, 0.6) is 0 Å². The largest absolute Gasteiger partial charge is 0.480 e. The van der Waals surface area contributed by atoms with E-state index in [1.165, 1.54) is 0 Å². The van der Waals surface area contributed by atoms with Gasteiger partial charge in [-0.2, -0.15) is 0 Å². The van der Waals surface area contributed by atoms with Gasteiger partial charge >= 0.3 is 5.97 Å². The molecule has 2 rings (SSSR count). The highest BCUT2D eigenvalue weighted by Crippen LogP contribution is 2.34. The molecule has 4 atom stereocenters. The first-order chi connectivity index (χ1) is 6.70. The number of ether oxygens (including phenoxy) is 1. The Morgan fingerprint density at radius 3 is 2.86 bits per heavy atom. The Morgan fingerprint density at radius 2 is 2.21 bits per heavy atom. The average molecular weight is 199 g/mol. The van der Waals surface area contributed by atoms with Gasteiger partial charge in [-0.25, -0.2) is 0 Å². The summed E-state index contributed by atoms with van der Waals surface area (Å²) in [5.74, 6) is -0.170. The first-order valence-corrected chi connectivity index (χ1v) is 5.22. The predicted molar refractivity (Wildman–Crippen MR) is 51.1 cm³/mol. The third kappa shape index (κ3) is 1.77. The molecule has 80 valence electrons. The van der Waals surface area contributed by atoms with Crippen LogP contribution in [-0.2, 0) is 9.53 Å². The fraction of sp³-hybridized carbons (Fsp3) is 0.900. The molecular formula is C10H17NO3. The highest BCUT2D eigenvalue weighted by atomic mass is 16.5. The van der Waals surface area contributed by atoms with Gasteiger partial charge in [0.15, 0.2) is 0 Å². The number of carboxylic acid groups (broad SMARTS) is 1. The molecule has 0 radical (unpaired) electrons. The van der Waals surface area contributed by atoms with E-state index in [9.17, 15) is 4.79 Å². The molecule has 1 saturated carbocycles. The maximum absolute atomic E-state index is 10.8. The number of fused-ring (bicyclic) bond motifs is 1. The van der Waals surface area contributed by atoms with Gasteiger partial charge in [0.1, 0.15) is 6.04 Å². The lowest BCUT2D eigenvalue weighted by molar-refractivity contribution is -0.139. The minimum atomic E-state index is -0.714. The third-order valence-electron chi connectivity index (χ3n) is 3.53. The zero-order valence-corrected chi connectivity index (χ0v) is 8.40. The molecule has 14 heavy (non-hydrogen) atoms. The second-order valence-corrected chi connectivity index (χ2v) is 4.33. The Bertz CT molecular complexity index is 231. The molecule has 4 heteroatoms. The van der Waals surface area contributed by atoms with Crippen molar-refractivity contribution in [1.29, 1.82) is 0 Å². The van der Waals surface area contributed by atoms with Crippen molar-refractivity contribution in [1.82, 2.24) is 5.32 Å². The molecule has 0 aromatic carbocycles. The van der Waals surface area contributed by atoms with E-state index in [1.54, 1.807) is 7.11 Å². The molecule has 0 bridgehead atoms. The number of rotatable bonds is 2. The lowest BCUT2D eigenvalue weighted by atomic mass is 9.83. The number of hydrogen-bond donors (Lipinski definition) is 2. The van der Waals surface area contributed by atoms with Crippen molar-refractivity contribution in [2.75, 3.05) is 7.11 Å². The summed E-state index contributed by atoms with van der Waals surface area (Å²) in [6, 6.07) is 0.0235. The van der Waals surface area contributed by atoms with Crippen molar-refractivity contribution in [2.24, 2.45) is 5.92 Å². The van der Waals surface area contributed by atoms with Crippen molar-refractivity contribution in [3.05, 3.63) is 0 Å². The van der Waals surface area contributed by atoms with E-state index in [0.717, 1.165) is 25.7 Å². The van der Waals surface area contributed by atoms with Crippen molar-refractivity contribution in [2.45, 2.75) is 43.9 Å². The van der Waals surface area contributed by atoms with Gasteiger partial charge in [0, 0.05) is 13.2 Å². The van der Waals surface area contributed by atoms with E-state index >= 15 is 0 Å². The van der Waals surface area contributed by atoms with Gasteiger partial charge in [-0.15, -0.1) is 0 Å². The molecule has 2 N–H and O–H groups in total. The van der Waals surface area contributed by atoms with Crippen LogP contribution in [0, 0.1) is 5.92 Å². The summed E-state index contributed by atoms with van der Waals surface area (Å²) in [6.45, 7) is 0. The molecule has 0 aromatic rings. The number of carbonyl (C=O) groups is 1. The number of aliphatic carboxylic acids is 1. The Morgan fingerprint density at radius 1 is 1.43 bits per heavy atom. The first-order valence-electron chi connectivity index (χ1n) is 5.22. The van der Waals surface area contributed by atoms with Crippen molar-refractivity contribution in [3.63, 3.8) is 0 Å². The quantitative estimate of drug-likeness (QED) is 0.684. The molecule has 4 unspecified atom stereocenters. The molecule has 1 heterocycles. The van der Waals surface area contributed by atoms with Gasteiger partial charge in [-0.3, -0.25) is 4.79 Å². The van der Waals surface area contributed by atoms with E-state index in [4.69, 9.17) is 9.84 Å². The lowest BCUT2D eigenvalue weighted by Gasteiger charge is -2.30. The molecule has 0 amide bonds. The van der Waals surface area contributed by atoms with Crippen molar-refractivity contribution < 1.29 is 14.6 Å². The van der Waals surface area contributed by atoms with E-state index in [0.29, 0.717) is 18.1 Å². The summed E-state index contributed by atoms with van der Waals surface area (Å²) in [5.41, 5.74) is 0. The smallest absolute Gasteiger partial charge is 0.320 e. The molecule has 0 spiro atoms. The standard InChI is InChI=1S/C10H17NO3/c1-14-7-3-2-6-4-9(10(12)13)11-8(6)5-7/h6-9,11H,2-5H2,1H3,(H,12,13). The minimum Gasteiger partial charge on any atom is -0.480 e. The molecule has 1 saturated heterocycles. The summed E-state index contributed by atoms with van der Waals surface area (Å²) in [7, 11) is 1.73. The SMILES string of the molecule is COC1CCC2CC(C(=O)O)NC2C1. The predicted octanol–water partition coefficient (Wildman–Crippen LogP) is 0.617. The van der Waals surface area contributed by atoms with Crippen molar-refractivity contribution >= 4 is 5.97 Å². The molecular weight excluding hydrogens is 182 g/mol. The molecule has 2 fully saturated rings. The topological polar surface area (TPSA) is 58.6 Å².